The number of nitrogens with one attached hydrogen (secondary N) is 2. The van der Waals surface area contributed by atoms with Gasteiger partial charge >= 0.3 is 0 Å². The Kier molecular flexibility index (Phi) is 10.7. The first kappa shape index (κ1) is 36.8. The number of carbonyl (C=O) groups excluding carboxylic acids is 4. The number of aromatic nitrogens is 6. The van der Waals surface area contributed by atoms with Crippen LogP contribution in [-0.2, 0) is 19.5 Å². The van der Waals surface area contributed by atoms with Crippen molar-refractivity contribution in [2.45, 2.75) is 39.8 Å². The van der Waals surface area contributed by atoms with Crippen LogP contribution in [0.2, 0.25) is 0 Å². The molecule has 0 atom stereocenters. The number of aryl methyl sites for hydroxylation is 2. The molecule has 0 saturated carbocycles. The molecule has 4 amide bonds. The summed E-state index contributed by atoms with van der Waals surface area (Å²) in [5, 5.41) is 14.9. The Morgan fingerprint density at radius 1 is 0.889 bits per heavy atom. The number of amides is 4. The van der Waals surface area contributed by atoms with Crippen molar-refractivity contribution in [2.24, 2.45) is 11.5 Å². The first-order valence-electron chi connectivity index (χ1n) is 16.6. The van der Waals surface area contributed by atoms with E-state index in [9.17, 15) is 24.3 Å². The average molecular weight is 741 g/mol. The lowest BCUT2D eigenvalue weighted by Gasteiger charge is -2.13. The van der Waals surface area contributed by atoms with E-state index in [0.29, 0.717) is 46.5 Å². The van der Waals surface area contributed by atoms with Crippen molar-refractivity contribution in [1.29, 1.82) is 0 Å². The van der Waals surface area contributed by atoms with Gasteiger partial charge in [0.1, 0.15) is 22.5 Å². The van der Waals surface area contributed by atoms with E-state index < -0.39 is 23.6 Å². The van der Waals surface area contributed by atoms with Crippen molar-refractivity contribution in [3.8, 4) is 11.5 Å². The zero-order chi connectivity index (χ0) is 38.5. The number of benzene rings is 2. The number of aliphatic hydroxyl groups is 1. The quantitative estimate of drug-likeness (QED) is 0.0706. The van der Waals surface area contributed by atoms with Crippen LogP contribution >= 0.6 is 0 Å². The minimum absolute atomic E-state index is 0.0392. The van der Waals surface area contributed by atoms with Gasteiger partial charge in [0.2, 0.25) is 35.2 Å². The van der Waals surface area contributed by atoms with Gasteiger partial charge in [0, 0.05) is 44.2 Å². The van der Waals surface area contributed by atoms with E-state index in [1.165, 1.54) is 37.6 Å². The molecule has 2 aromatic carbocycles. The minimum Gasteiger partial charge on any atom is -0.494 e. The van der Waals surface area contributed by atoms with Gasteiger partial charge in [-0.15, -0.1) is 0 Å². The molecule has 54 heavy (non-hydrogen) atoms. The zero-order valence-electron chi connectivity index (χ0n) is 29.4. The molecule has 6 rings (SSSR count). The van der Waals surface area contributed by atoms with Crippen LogP contribution in [-0.4, -0.2) is 78.1 Å². The zero-order valence-corrected chi connectivity index (χ0v) is 29.4. The largest absolute Gasteiger partial charge is 0.494 e. The molecule has 280 valence electrons. The van der Waals surface area contributed by atoms with E-state index >= 15 is 0 Å². The molecule has 6 aromatic rings. The lowest BCUT2D eigenvalue weighted by Crippen LogP contribution is -2.17. The third-order valence-corrected chi connectivity index (χ3v) is 8.16. The summed E-state index contributed by atoms with van der Waals surface area (Å²) in [5.74, 6) is -1.61. The first-order valence-corrected chi connectivity index (χ1v) is 16.6. The summed E-state index contributed by atoms with van der Waals surface area (Å²) >= 11 is 0. The first-order chi connectivity index (χ1) is 26.0. The van der Waals surface area contributed by atoms with Gasteiger partial charge in [0.15, 0.2) is 12.3 Å². The summed E-state index contributed by atoms with van der Waals surface area (Å²) in [6, 6.07) is 5.91. The van der Waals surface area contributed by atoms with Crippen molar-refractivity contribution in [3.05, 3.63) is 83.2 Å². The molecule has 0 bridgehead atoms. The lowest BCUT2D eigenvalue weighted by molar-refractivity contribution is 0.0986. The summed E-state index contributed by atoms with van der Waals surface area (Å²) in [4.78, 5) is 68.0. The van der Waals surface area contributed by atoms with E-state index in [1.54, 1.807) is 28.2 Å². The van der Waals surface area contributed by atoms with Gasteiger partial charge in [-0.1, -0.05) is 19.1 Å². The second-order valence-electron chi connectivity index (χ2n) is 11.7. The number of methoxy groups -OCH3 is 1. The lowest BCUT2D eigenvalue weighted by atomic mass is 10.1. The maximum Gasteiger partial charge on any atom is 0.295 e. The molecule has 0 saturated heterocycles. The van der Waals surface area contributed by atoms with Gasteiger partial charge in [-0.25, -0.2) is 19.9 Å². The molecule has 0 aliphatic rings. The highest BCUT2D eigenvalue weighted by Gasteiger charge is 2.24. The number of oxazole rings is 2. The Morgan fingerprint density at radius 2 is 1.48 bits per heavy atom. The summed E-state index contributed by atoms with van der Waals surface area (Å²) in [6.45, 7) is 3.69. The second-order valence-corrected chi connectivity index (χ2v) is 11.7. The predicted octanol–water partition coefficient (Wildman–Crippen LogP) is 2.96. The smallest absolute Gasteiger partial charge is 0.295 e. The Labute approximate surface area is 306 Å². The normalized spacial score (nSPS) is 11.4. The van der Waals surface area contributed by atoms with Gasteiger partial charge in [0.25, 0.3) is 11.8 Å². The molecule has 0 spiro atoms. The third-order valence-electron chi connectivity index (χ3n) is 8.16. The summed E-state index contributed by atoms with van der Waals surface area (Å²) < 4.78 is 25.6. The maximum atomic E-state index is 13.4. The third kappa shape index (κ3) is 7.46. The molecule has 0 aliphatic carbocycles. The van der Waals surface area contributed by atoms with Gasteiger partial charge in [-0.3, -0.25) is 29.8 Å². The number of rotatable bonds is 16. The van der Waals surface area contributed by atoms with E-state index in [-0.39, 0.29) is 72.3 Å². The number of hydrogen-bond donors (Lipinski definition) is 5. The molecule has 4 heterocycles. The number of hydrogen-bond acceptors (Lipinski definition) is 13. The van der Waals surface area contributed by atoms with E-state index in [4.69, 9.17) is 29.8 Å². The van der Waals surface area contributed by atoms with Gasteiger partial charge in [-0.2, -0.15) is 0 Å². The van der Waals surface area contributed by atoms with Crippen LogP contribution in [0.3, 0.4) is 0 Å². The van der Waals surface area contributed by atoms with Crippen LogP contribution in [0, 0.1) is 6.92 Å². The number of anilines is 2. The van der Waals surface area contributed by atoms with Crippen molar-refractivity contribution in [2.75, 3.05) is 31.0 Å². The molecule has 7 N–H and O–H groups in total. The molecule has 0 unspecified atom stereocenters. The number of nitrogens with zero attached hydrogens (tertiary/aromatic N) is 6. The summed E-state index contributed by atoms with van der Waals surface area (Å²) in [7, 11) is 1.43. The second kappa shape index (κ2) is 15.7. The molecular formula is C35H36N10O9. The average Bonchev–Trinajstić information content (AvgIpc) is 3.95. The fourth-order valence-electron chi connectivity index (χ4n) is 5.70. The topological polar surface area (TPSA) is 271 Å². The van der Waals surface area contributed by atoms with Crippen LogP contribution < -0.4 is 31.6 Å². The maximum absolute atomic E-state index is 13.4. The number of ether oxygens (including phenoxy) is 2. The SMILES string of the molecule is CCc1nc(C)oc1C(=O)Nc1nc2cc(C(N)=O)cc(OC)c2n1C/C=C/Cn1c(NC(=O)c2cnco2)nc2cc(C(N)=O)cc(OCCCO)c21. The number of carbonyl (C=O) groups is 4. The van der Waals surface area contributed by atoms with Crippen molar-refractivity contribution in [3.63, 3.8) is 0 Å². The summed E-state index contributed by atoms with van der Waals surface area (Å²) in [5.41, 5.74) is 13.4. The fraction of sp³-hybridized carbons (Fsp3) is 0.257. The highest BCUT2D eigenvalue weighted by molar-refractivity contribution is 6.05. The van der Waals surface area contributed by atoms with Gasteiger partial charge in [0.05, 0.1) is 36.6 Å². The fourth-order valence-corrected chi connectivity index (χ4v) is 5.70. The van der Waals surface area contributed by atoms with E-state index in [2.05, 4.69) is 30.6 Å². The Hall–Kier alpha value is -7.02. The minimum atomic E-state index is -0.719. The highest BCUT2D eigenvalue weighted by Crippen LogP contribution is 2.33. The Balaban J connectivity index is 1.40. The van der Waals surface area contributed by atoms with Gasteiger partial charge in [-0.05, 0) is 30.7 Å². The van der Waals surface area contributed by atoms with Crippen LogP contribution in [0.5, 0.6) is 11.5 Å². The molecule has 0 radical (unpaired) electrons. The van der Waals surface area contributed by atoms with E-state index in [1.807, 2.05) is 6.92 Å². The van der Waals surface area contributed by atoms with Crippen LogP contribution in [0.4, 0.5) is 11.9 Å². The number of primary amides is 2. The molecule has 19 heteroatoms. The molecule has 4 aromatic heterocycles. The standard InChI is InChI=1S/C35H36N10O9/c1-4-21-29(54-18(2)39-21)33(50)43-35-40-22-12-19(30(36)47)14-24(51-3)27(22)44(35)8-5-6-9-45-28-23(41-34(45)42-32(49)26-16-38-17-53-26)13-20(31(37)48)15-25(28)52-11-7-10-46/h5-6,12-17,46H,4,7-11H2,1-3H3,(H2,36,47)(H2,37,48)(H,40,43,50)(H,41,42,49)/b6-5+. The molecule has 0 fully saturated rings. The number of fused-ring (bicyclic) bond motifs is 2. The summed E-state index contributed by atoms with van der Waals surface area (Å²) in [6.07, 6.45) is 6.66. The monoisotopic (exact) mass is 740 g/mol. The number of imidazole rings is 2. The van der Waals surface area contributed by atoms with Crippen molar-refractivity contribution >= 4 is 57.6 Å². The number of allylic oxidation sites excluding steroid dienone is 2. The molecular weight excluding hydrogens is 704 g/mol. The van der Waals surface area contributed by atoms with E-state index in [0.717, 1.165) is 6.39 Å². The van der Waals surface area contributed by atoms with Crippen molar-refractivity contribution < 1.29 is 42.6 Å². The number of aliphatic hydroxyl groups excluding tert-OH is 1. The van der Waals surface area contributed by atoms with Crippen LogP contribution in [0.15, 0.2) is 57.8 Å². The molecule has 19 nitrogen and oxygen atoms in total. The number of nitrogens with two attached hydrogens (primary N) is 2. The van der Waals surface area contributed by atoms with Crippen molar-refractivity contribution in [1.82, 2.24) is 29.1 Å². The Bertz CT molecular complexity index is 2410. The predicted molar refractivity (Wildman–Crippen MR) is 192 cm³/mol. The van der Waals surface area contributed by atoms with Crippen LogP contribution in [0.1, 0.15) is 66.8 Å². The van der Waals surface area contributed by atoms with Gasteiger partial charge < -0.3 is 44.0 Å². The Morgan fingerprint density at radius 3 is 2.02 bits per heavy atom. The highest BCUT2D eigenvalue weighted by atomic mass is 16.5. The molecule has 0 aliphatic heterocycles. The van der Waals surface area contributed by atoms with Crippen LogP contribution in [0.25, 0.3) is 22.1 Å².